The lowest BCUT2D eigenvalue weighted by Gasteiger charge is -2.41. The maximum Gasteiger partial charge on any atom is 0.248 e. The van der Waals surface area contributed by atoms with Crippen LogP contribution in [0.4, 0.5) is 5.82 Å². The second-order valence-electron chi connectivity index (χ2n) is 10.5. The standard InChI is InChI=1S/C26H35N7O3S/c1-18-16-33-23(28-24(18)31-14-12-20(27)17-31)15-21(29-33)22-11-7-8-13-32(22)25(34)26(2,30-37(3,35)36)19-9-5-4-6-10-19/h4-6,9-10,15-16,20,22,30H,7-8,11-14,17,27H2,1-3H3/t20-,22-,26+/m0/s1. The molecule has 3 atom stereocenters. The summed E-state index contributed by atoms with van der Waals surface area (Å²) in [6.07, 6.45) is 6.53. The maximum atomic E-state index is 14.1. The van der Waals surface area contributed by atoms with Gasteiger partial charge in [-0.15, -0.1) is 0 Å². The first kappa shape index (κ1) is 25.6. The molecule has 0 spiro atoms. The van der Waals surface area contributed by atoms with Crippen molar-refractivity contribution in [2.45, 2.75) is 57.2 Å². The maximum absolute atomic E-state index is 14.1. The molecule has 0 radical (unpaired) electrons. The summed E-state index contributed by atoms with van der Waals surface area (Å²) in [6, 6.07) is 10.8. The van der Waals surface area contributed by atoms with Gasteiger partial charge in [-0.1, -0.05) is 30.3 Å². The van der Waals surface area contributed by atoms with Crippen molar-refractivity contribution >= 4 is 27.4 Å². The molecule has 1 amide bonds. The number of fused-ring (bicyclic) bond motifs is 1. The predicted octanol–water partition coefficient (Wildman–Crippen LogP) is 2.09. The number of nitrogens with one attached hydrogen (secondary N) is 1. The molecule has 5 rings (SSSR count). The molecule has 4 heterocycles. The van der Waals surface area contributed by atoms with Crippen molar-refractivity contribution in [2.75, 3.05) is 30.8 Å². The fourth-order valence-corrected chi connectivity index (χ4v) is 6.57. The molecule has 2 fully saturated rings. The van der Waals surface area contributed by atoms with Crippen molar-refractivity contribution < 1.29 is 13.2 Å². The van der Waals surface area contributed by atoms with Gasteiger partial charge in [0.2, 0.25) is 15.9 Å². The summed E-state index contributed by atoms with van der Waals surface area (Å²) in [4.78, 5) is 23.0. The zero-order valence-corrected chi connectivity index (χ0v) is 22.4. The molecule has 1 aromatic carbocycles. The molecule has 11 heteroatoms. The normalized spacial score (nSPS) is 22.4. The van der Waals surface area contributed by atoms with Gasteiger partial charge >= 0.3 is 0 Å². The number of nitrogens with two attached hydrogens (primary N) is 1. The highest BCUT2D eigenvalue weighted by Crippen LogP contribution is 2.35. The number of carbonyl (C=O) groups is 1. The van der Waals surface area contributed by atoms with Crippen LogP contribution in [-0.4, -0.2) is 65.8 Å². The summed E-state index contributed by atoms with van der Waals surface area (Å²) in [5.74, 6) is 0.624. The SMILES string of the molecule is Cc1cn2nc([C@@H]3CCCCN3C(=O)[C@](C)(NS(C)(=O)=O)c3ccccc3)cc2nc1N1CC[C@H](N)C1. The van der Waals surface area contributed by atoms with Crippen LogP contribution in [0.15, 0.2) is 42.6 Å². The minimum absolute atomic E-state index is 0.152. The lowest BCUT2D eigenvalue weighted by atomic mass is 9.89. The van der Waals surface area contributed by atoms with Crippen molar-refractivity contribution in [2.24, 2.45) is 5.73 Å². The van der Waals surface area contributed by atoms with Crippen LogP contribution in [0, 0.1) is 6.92 Å². The first-order valence-electron chi connectivity index (χ1n) is 12.8. The van der Waals surface area contributed by atoms with E-state index < -0.39 is 15.6 Å². The van der Waals surface area contributed by atoms with E-state index in [1.165, 1.54) is 0 Å². The summed E-state index contributed by atoms with van der Waals surface area (Å²) in [7, 11) is -3.68. The number of piperidine rings is 1. The Bertz CT molecular complexity index is 1410. The number of sulfonamides is 1. The predicted molar refractivity (Wildman–Crippen MR) is 143 cm³/mol. The first-order valence-corrected chi connectivity index (χ1v) is 14.7. The Kier molecular flexibility index (Phi) is 6.71. The van der Waals surface area contributed by atoms with Gasteiger partial charge < -0.3 is 15.5 Å². The number of benzene rings is 1. The molecule has 3 N–H and O–H groups in total. The van der Waals surface area contributed by atoms with E-state index in [1.807, 2.05) is 25.3 Å². The molecule has 2 aromatic heterocycles. The number of hydrogen-bond donors (Lipinski definition) is 2. The Morgan fingerprint density at radius 2 is 1.92 bits per heavy atom. The smallest absolute Gasteiger partial charge is 0.248 e. The fourth-order valence-electron chi connectivity index (χ4n) is 5.62. The third-order valence-electron chi connectivity index (χ3n) is 7.42. The summed E-state index contributed by atoms with van der Waals surface area (Å²) >= 11 is 0. The number of amides is 1. The molecule has 0 unspecified atom stereocenters. The molecule has 37 heavy (non-hydrogen) atoms. The third kappa shape index (κ3) is 5.07. The van der Waals surface area contributed by atoms with Crippen LogP contribution >= 0.6 is 0 Å². The van der Waals surface area contributed by atoms with E-state index >= 15 is 0 Å². The Labute approximate surface area is 217 Å². The van der Waals surface area contributed by atoms with Crippen LogP contribution in [0.5, 0.6) is 0 Å². The quantitative estimate of drug-likeness (QED) is 0.505. The van der Waals surface area contributed by atoms with Gasteiger partial charge in [-0.3, -0.25) is 4.79 Å². The molecule has 10 nitrogen and oxygen atoms in total. The first-order chi connectivity index (χ1) is 17.5. The number of hydrogen-bond acceptors (Lipinski definition) is 7. The molecule has 2 aliphatic heterocycles. The van der Waals surface area contributed by atoms with Crippen LogP contribution < -0.4 is 15.4 Å². The highest BCUT2D eigenvalue weighted by atomic mass is 32.2. The molecule has 0 bridgehead atoms. The highest BCUT2D eigenvalue weighted by molar-refractivity contribution is 7.88. The second kappa shape index (κ2) is 9.70. The van der Waals surface area contributed by atoms with Gasteiger partial charge in [0.15, 0.2) is 5.65 Å². The van der Waals surface area contributed by atoms with E-state index in [1.54, 1.807) is 40.6 Å². The van der Waals surface area contributed by atoms with E-state index in [2.05, 4.69) is 9.62 Å². The average molecular weight is 526 g/mol. The topological polar surface area (TPSA) is 126 Å². The molecule has 2 aliphatic rings. The van der Waals surface area contributed by atoms with Crippen LogP contribution in [0.2, 0.25) is 0 Å². The van der Waals surface area contributed by atoms with E-state index in [0.717, 1.165) is 62.1 Å². The highest BCUT2D eigenvalue weighted by Gasteiger charge is 2.44. The van der Waals surface area contributed by atoms with E-state index in [9.17, 15) is 13.2 Å². The number of nitrogens with zero attached hydrogens (tertiary/aromatic N) is 5. The molecule has 0 aliphatic carbocycles. The van der Waals surface area contributed by atoms with Crippen molar-refractivity contribution in [1.82, 2.24) is 24.2 Å². The number of carbonyl (C=O) groups excluding carboxylic acids is 1. The largest absolute Gasteiger partial charge is 0.355 e. The molecule has 2 saturated heterocycles. The van der Waals surface area contributed by atoms with Gasteiger partial charge in [0.25, 0.3) is 0 Å². The Balaban J connectivity index is 1.51. The van der Waals surface area contributed by atoms with Crippen LogP contribution in [-0.2, 0) is 20.4 Å². The molecule has 0 saturated carbocycles. The third-order valence-corrected chi connectivity index (χ3v) is 8.20. The van der Waals surface area contributed by atoms with Crippen molar-refractivity contribution in [1.29, 1.82) is 0 Å². The molecular formula is C26H35N7O3S. The second-order valence-corrected chi connectivity index (χ2v) is 12.2. The zero-order chi connectivity index (χ0) is 26.4. The number of likely N-dealkylation sites (tertiary alicyclic amines) is 1. The number of anilines is 1. The van der Waals surface area contributed by atoms with Crippen molar-refractivity contribution in [3.05, 3.63) is 59.4 Å². The Hall–Kier alpha value is -3.02. The minimum atomic E-state index is -3.68. The van der Waals surface area contributed by atoms with E-state index in [-0.39, 0.29) is 18.0 Å². The average Bonchev–Trinajstić information content (AvgIpc) is 3.48. The van der Waals surface area contributed by atoms with Gasteiger partial charge in [0.1, 0.15) is 11.4 Å². The van der Waals surface area contributed by atoms with Gasteiger partial charge in [0, 0.05) is 43.5 Å². The molecular weight excluding hydrogens is 490 g/mol. The van der Waals surface area contributed by atoms with E-state index in [0.29, 0.717) is 17.8 Å². The number of aromatic nitrogens is 3. The van der Waals surface area contributed by atoms with Crippen molar-refractivity contribution in [3.63, 3.8) is 0 Å². The van der Waals surface area contributed by atoms with Gasteiger partial charge in [0.05, 0.1) is 18.0 Å². The van der Waals surface area contributed by atoms with Gasteiger partial charge in [-0.2, -0.15) is 9.82 Å². The van der Waals surface area contributed by atoms with Gasteiger partial charge in [-0.05, 0) is 45.1 Å². The lowest BCUT2D eigenvalue weighted by Crippen LogP contribution is -2.56. The summed E-state index contributed by atoms with van der Waals surface area (Å²) in [5, 5.41) is 4.82. The van der Waals surface area contributed by atoms with Gasteiger partial charge in [-0.25, -0.2) is 17.9 Å². The lowest BCUT2D eigenvalue weighted by molar-refractivity contribution is -0.141. The summed E-state index contributed by atoms with van der Waals surface area (Å²) in [5.41, 5.74) is 7.75. The van der Waals surface area contributed by atoms with Crippen LogP contribution in [0.3, 0.4) is 0 Å². The minimum Gasteiger partial charge on any atom is -0.355 e. The Morgan fingerprint density at radius 3 is 2.59 bits per heavy atom. The Morgan fingerprint density at radius 1 is 1.16 bits per heavy atom. The van der Waals surface area contributed by atoms with Crippen LogP contribution in [0.1, 0.15) is 55.5 Å². The van der Waals surface area contributed by atoms with E-state index in [4.69, 9.17) is 15.8 Å². The summed E-state index contributed by atoms with van der Waals surface area (Å²) in [6.45, 7) is 5.84. The number of aryl methyl sites for hydroxylation is 1. The van der Waals surface area contributed by atoms with Crippen LogP contribution in [0.25, 0.3) is 5.65 Å². The van der Waals surface area contributed by atoms with Crippen molar-refractivity contribution in [3.8, 4) is 0 Å². The summed E-state index contributed by atoms with van der Waals surface area (Å²) < 4.78 is 29.1. The number of rotatable bonds is 6. The zero-order valence-electron chi connectivity index (χ0n) is 21.6. The monoisotopic (exact) mass is 525 g/mol. The molecule has 198 valence electrons. The molecule has 3 aromatic rings. The fraction of sp³-hybridized carbons (Fsp3) is 0.500.